The molecular formula is C20H16ClN7O2S. The van der Waals surface area contributed by atoms with Gasteiger partial charge in [0, 0.05) is 28.7 Å². The first kappa shape index (κ1) is 19.5. The number of fused-ring (bicyclic) bond motifs is 3. The van der Waals surface area contributed by atoms with Gasteiger partial charge in [-0.25, -0.2) is 8.42 Å². The Morgan fingerprint density at radius 2 is 1.94 bits per heavy atom. The molecule has 0 fully saturated rings. The molecule has 5 aromatic rings. The lowest BCUT2D eigenvalue weighted by atomic mass is 10.1. The number of hydrogen-bond donors (Lipinski definition) is 0. The molecule has 0 saturated carbocycles. The van der Waals surface area contributed by atoms with Crippen LogP contribution >= 0.6 is 11.6 Å². The summed E-state index contributed by atoms with van der Waals surface area (Å²) in [5.74, 6) is 1.15. The van der Waals surface area contributed by atoms with Crippen molar-refractivity contribution < 1.29 is 8.42 Å². The van der Waals surface area contributed by atoms with Gasteiger partial charge >= 0.3 is 0 Å². The summed E-state index contributed by atoms with van der Waals surface area (Å²) in [5.41, 5.74) is 3.22. The van der Waals surface area contributed by atoms with E-state index in [0.29, 0.717) is 22.2 Å². The molecular weight excluding hydrogens is 438 g/mol. The molecule has 11 heteroatoms. The lowest BCUT2D eigenvalue weighted by Crippen LogP contribution is -2.13. The van der Waals surface area contributed by atoms with Gasteiger partial charge in [-0.2, -0.15) is 14.2 Å². The Kier molecular flexibility index (Phi) is 4.42. The third-order valence-corrected chi connectivity index (χ3v) is 6.09. The van der Waals surface area contributed by atoms with E-state index in [2.05, 4.69) is 20.3 Å². The fourth-order valence-corrected chi connectivity index (χ4v) is 4.12. The van der Waals surface area contributed by atoms with Gasteiger partial charge in [0.05, 0.1) is 24.2 Å². The molecule has 156 valence electrons. The predicted octanol–water partition coefficient (Wildman–Crippen LogP) is 3.37. The quantitative estimate of drug-likeness (QED) is 0.411. The standard InChI is InChI=1S/C20H16ClN7O2S/c1-26(16-5-3-4-13(8-16)14-10-23-28(11-14)31(2,29)30)19-17-7-6-15(21)9-18(17)27-12-22-25-20(27)24-19/h3-12H,1-2H3. The number of nitrogens with zero attached hydrogens (tertiary/aromatic N) is 7. The highest BCUT2D eigenvalue weighted by molar-refractivity contribution is 7.89. The minimum atomic E-state index is -3.44. The van der Waals surface area contributed by atoms with Crippen molar-refractivity contribution in [1.82, 2.24) is 28.8 Å². The summed E-state index contributed by atoms with van der Waals surface area (Å²) in [5, 5.41) is 13.5. The Labute approximate surface area is 182 Å². The van der Waals surface area contributed by atoms with Gasteiger partial charge in [0.2, 0.25) is 0 Å². The Balaban J connectivity index is 1.62. The van der Waals surface area contributed by atoms with Gasteiger partial charge < -0.3 is 4.90 Å². The Hall–Kier alpha value is -3.50. The Morgan fingerprint density at radius 3 is 2.71 bits per heavy atom. The van der Waals surface area contributed by atoms with Crippen molar-refractivity contribution in [3.63, 3.8) is 0 Å². The number of halogens is 1. The van der Waals surface area contributed by atoms with Crippen LogP contribution in [0.2, 0.25) is 5.02 Å². The second-order valence-corrected chi connectivity index (χ2v) is 9.35. The molecule has 0 atom stereocenters. The van der Waals surface area contributed by atoms with E-state index in [1.807, 2.05) is 54.4 Å². The van der Waals surface area contributed by atoms with Gasteiger partial charge in [-0.15, -0.1) is 10.2 Å². The van der Waals surface area contributed by atoms with Crippen LogP contribution in [0.1, 0.15) is 0 Å². The van der Waals surface area contributed by atoms with E-state index in [1.165, 1.54) is 12.4 Å². The number of anilines is 2. The Bertz CT molecular complexity index is 1560. The zero-order valence-corrected chi connectivity index (χ0v) is 18.1. The Morgan fingerprint density at radius 1 is 1.10 bits per heavy atom. The van der Waals surface area contributed by atoms with Crippen molar-refractivity contribution in [3.8, 4) is 11.1 Å². The summed E-state index contributed by atoms with van der Waals surface area (Å²) in [6.07, 6.45) is 5.73. The van der Waals surface area contributed by atoms with Crippen LogP contribution in [0.5, 0.6) is 0 Å². The molecule has 0 amide bonds. The monoisotopic (exact) mass is 453 g/mol. The van der Waals surface area contributed by atoms with E-state index >= 15 is 0 Å². The van der Waals surface area contributed by atoms with Crippen molar-refractivity contribution in [2.45, 2.75) is 0 Å². The summed E-state index contributed by atoms with van der Waals surface area (Å²) in [7, 11) is -1.54. The van der Waals surface area contributed by atoms with Crippen molar-refractivity contribution in [1.29, 1.82) is 0 Å². The van der Waals surface area contributed by atoms with E-state index in [9.17, 15) is 8.42 Å². The molecule has 0 radical (unpaired) electrons. The summed E-state index contributed by atoms with van der Waals surface area (Å²) in [6.45, 7) is 0. The van der Waals surface area contributed by atoms with Crippen LogP contribution in [-0.4, -0.2) is 50.5 Å². The third kappa shape index (κ3) is 3.39. The van der Waals surface area contributed by atoms with Crippen LogP contribution in [0.15, 0.2) is 61.2 Å². The molecule has 3 aromatic heterocycles. The summed E-state index contributed by atoms with van der Waals surface area (Å²) in [6, 6.07) is 13.3. The first-order valence-electron chi connectivity index (χ1n) is 9.20. The molecule has 0 aliphatic carbocycles. The number of aromatic nitrogens is 6. The minimum absolute atomic E-state index is 0.460. The van der Waals surface area contributed by atoms with Crippen molar-refractivity contribution in [2.75, 3.05) is 18.2 Å². The smallest absolute Gasteiger partial charge is 0.257 e. The van der Waals surface area contributed by atoms with Crippen molar-refractivity contribution in [2.24, 2.45) is 0 Å². The fourth-order valence-electron chi connectivity index (χ4n) is 3.43. The molecule has 0 saturated heterocycles. The lowest BCUT2D eigenvalue weighted by Gasteiger charge is -2.21. The molecule has 2 aromatic carbocycles. The van der Waals surface area contributed by atoms with Gasteiger partial charge in [0.1, 0.15) is 12.1 Å². The van der Waals surface area contributed by atoms with Crippen LogP contribution in [0.3, 0.4) is 0 Å². The molecule has 0 aliphatic rings. The van der Waals surface area contributed by atoms with Crippen LogP contribution in [0, 0.1) is 0 Å². The van der Waals surface area contributed by atoms with Crippen LogP contribution in [-0.2, 0) is 10.0 Å². The molecule has 0 spiro atoms. The minimum Gasteiger partial charge on any atom is -0.329 e. The van der Waals surface area contributed by atoms with Gasteiger partial charge in [-0.1, -0.05) is 23.7 Å². The van der Waals surface area contributed by atoms with E-state index < -0.39 is 10.0 Å². The van der Waals surface area contributed by atoms with E-state index in [4.69, 9.17) is 11.6 Å². The predicted molar refractivity (Wildman–Crippen MR) is 119 cm³/mol. The topological polar surface area (TPSA) is 98.3 Å². The van der Waals surface area contributed by atoms with Crippen LogP contribution in [0.25, 0.3) is 27.8 Å². The SMILES string of the molecule is CN(c1cccc(-c2cnn(S(C)(=O)=O)c2)c1)c1nc2nncn2c2cc(Cl)ccc12. The van der Waals surface area contributed by atoms with E-state index in [-0.39, 0.29) is 0 Å². The zero-order valence-electron chi connectivity index (χ0n) is 16.5. The normalized spacial score (nSPS) is 12.0. The molecule has 3 heterocycles. The molecule has 0 bridgehead atoms. The molecule has 5 rings (SSSR count). The van der Waals surface area contributed by atoms with Gasteiger partial charge in [0.25, 0.3) is 15.8 Å². The van der Waals surface area contributed by atoms with Crippen molar-refractivity contribution >= 4 is 49.8 Å². The second kappa shape index (κ2) is 7.03. The van der Waals surface area contributed by atoms with Gasteiger partial charge in [0.15, 0.2) is 0 Å². The van der Waals surface area contributed by atoms with Crippen LogP contribution in [0.4, 0.5) is 11.5 Å². The van der Waals surface area contributed by atoms with Crippen molar-refractivity contribution in [3.05, 3.63) is 66.2 Å². The van der Waals surface area contributed by atoms with E-state index in [1.54, 1.807) is 10.7 Å². The van der Waals surface area contributed by atoms with E-state index in [0.717, 1.165) is 32.5 Å². The van der Waals surface area contributed by atoms with Gasteiger partial charge in [-0.05, 0) is 35.9 Å². The first-order valence-corrected chi connectivity index (χ1v) is 11.4. The average Bonchev–Trinajstić information content (AvgIpc) is 3.42. The lowest BCUT2D eigenvalue weighted by molar-refractivity contribution is 0.586. The summed E-state index contributed by atoms with van der Waals surface area (Å²) in [4.78, 5) is 6.62. The first-order chi connectivity index (χ1) is 14.8. The molecule has 0 unspecified atom stereocenters. The maximum Gasteiger partial charge on any atom is 0.257 e. The second-order valence-electron chi connectivity index (χ2n) is 7.07. The third-order valence-electron chi connectivity index (χ3n) is 4.98. The highest BCUT2D eigenvalue weighted by atomic mass is 35.5. The molecule has 0 aliphatic heterocycles. The number of benzene rings is 2. The average molecular weight is 454 g/mol. The zero-order chi connectivity index (χ0) is 21.8. The van der Waals surface area contributed by atoms with Gasteiger partial charge in [-0.3, -0.25) is 4.40 Å². The maximum absolute atomic E-state index is 11.7. The molecule has 9 nitrogen and oxygen atoms in total. The largest absolute Gasteiger partial charge is 0.329 e. The highest BCUT2D eigenvalue weighted by Gasteiger charge is 2.16. The fraction of sp³-hybridized carbons (Fsp3) is 0.100. The number of rotatable bonds is 4. The highest BCUT2D eigenvalue weighted by Crippen LogP contribution is 2.33. The molecule has 0 N–H and O–H groups in total. The summed E-state index contributed by atoms with van der Waals surface area (Å²) < 4.78 is 26.2. The molecule has 31 heavy (non-hydrogen) atoms. The summed E-state index contributed by atoms with van der Waals surface area (Å²) >= 11 is 6.22. The maximum atomic E-state index is 11.7. The number of hydrogen-bond acceptors (Lipinski definition) is 7. The van der Waals surface area contributed by atoms with Crippen LogP contribution < -0.4 is 4.90 Å².